The molecule has 144 valence electrons. The van der Waals surface area contributed by atoms with Crippen LogP contribution in [0.3, 0.4) is 0 Å². The third-order valence-electron chi connectivity index (χ3n) is 6.59. The van der Waals surface area contributed by atoms with Crippen molar-refractivity contribution in [2.45, 2.75) is 31.8 Å². The van der Waals surface area contributed by atoms with E-state index < -0.39 is 0 Å². The fourth-order valence-corrected chi connectivity index (χ4v) is 5.91. The fourth-order valence-electron chi connectivity index (χ4n) is 5.24. The molecule has 3 aliphatic carbocycles. The van der Waals surface area contributed by atoms with Gasteiger partial charge in [0.05, 0.1) is 4.48 Å². The van der Waals surface area contributed by atoms with E-state index in [4.69, 9.17) is 9.47 Å². The Hall–Kier alpha value is -2.36. The Morgan fingerprint density at radius 3 is 2.38 bits per heavy atom. The van der Waals surface area contributed by atoms with Crippen molar-refractivity contribution in [1.82, 2.24) is 0 Å². The van der Waals surface area contributed by atoms with Gasteiger partial charge in [-0.05, 0) is 92.4 Å². The van der Waals surface area contributed by atoms with Crippen LogP contribution in [0.4, 0.5) is 0 Å². The smallest absolute Gasteiger partial charge is 0.190 e. The summed E-state index contributed by atoms with van der Waals surface area (Å²) in [5.41, 5.74) is 11.1. The van der Waals surface area contributed by atoms with Crippen molar-refractivity contribution in [2.24, 2.45) is 0 Å². The molecule has 3 heteroatoms. The molecule has 1 atom stereocenters. The van der Waals surface area contributed by atoms with Crippen molar-refractivity contribution in [3.05, 3.63) is 104 Å². The first kappa shape index (κ1) is 17.5. The highest BCUT2D eigenvalue weighted by Crippen LogP contribution is 2.50. The lowest BCUT2D eigenvalue weighted by Crippen LogP contribution is -2.13. The quantitative estimate of drug-likeness (QED) is 0.520. The van der Waals surface area contributed by atoms with Gasteiger partial charge in [-0.25, -0.2) is 0 Å². The van der Waals surface area contributed by atoms with Crippen molar-refractivity contribution >= 4 is 15.9 Å². The van der Waals surface area contributed by atoms with E-state index in [0.29, 0.717) is 12.7 Å². The van der Waals surface area contributed by atoms with Crippen LogP contribution in [0.2, 0.25) is 0 Å². The van der Waals surface area contributed by atoms with E-state index in [0.717, 1.165) is 23.1 Å². The van der Waals surface area contributed by atoms with Crippen LogP contribution in [-0.2, 0) is 9.47 Å². The molecule has 0 saturated carbocycles. The predicted molar refractivity (Wildman–Crippen MR) is 119 cm³/mol. The monoisotopic (exact) mass is 444 g/mol. The van der Waals surface area contributed by atoms with Crippen LogP contribution in [0.1, 0.15) is 36.8 Å². The molecule has 0 bridgehead atoms. The first-order valence-corrected chi connectivity index (χ1v) is 11.0. The summed E-state index contributed by atoms with van der Waals surface area (Å²) in [6, 6.07) is 17.8. The van der Waals surface area contributed by atoms with Crippen LogP contribution in [-0.4, -0.2) is 12.9 Å². The molecule has 6 rings (SSSR count). The maximum atomic E-state index is 5.75. The molecule has 4 aliphatic rings. The second-order valence-corrected chi connectivity index (χ2v) is 8.89. The SMILES string of the molecule is CC1=C(CCC2c3ccccc3-c3ccccc32)C2=CC3OCOC3=C(Br)C2=C1. The molecule has 1 aliphatic heterocycles. The highest BCUT2D eigenvalue weighted by Gasteiger charge is 2.36. The molecule has 2 aromatic carbocycles. The maximum Gasteiger partial charge on any atom is 0.190 e. The Labute approximate surface area is 179 Å². The Morgan fingerprint density at radius 2 is 1.66 bits per heavy atom. The normalized spacial score (nSPS) is 22.1. The van der Waals surface area contributed by atoms with Gasteiger partial charge < -0.3 is 9.47 Å². The molecule has 1 unspecified atom stereocenters. The van der Waals surface area contributed by atoms with Crippen LogP contribution >= 0.6 is 15.9 Å². The molecule has 2 aromatic rings. The number of ether oxygens (including phenoxy) is 2. The lowest BCUT2D eigenvalue weighted by atomic mass is 9.86. The first-order valence-electron chi connectivity index (χ1n) is 10.2. The fraction of sp³-hybridized carbons (Fsp3) is 0.231. The van der Waals surface area contributed by atoms with Gasteiger partial charge in [-0.2, -0.15) is 0 Å². The minimum absolute atomic E-state index is 0.0645. The van der Waals surface area contributed by atoms with Gasteiger partial charge in [0.15, 0.2) is 6.79 Å². The van der Waals surface area contributed by atoms with E-state index in [-0.39, 0.29) is 6.10 Å². The van der Waals surface area contributed by atoms with Crippen LogP contribution in [0.5, 0.6) is 0 Å². The minimum Gasteiger partial charge on any atom is -0.468 e. The molecule has 29 heavy (non-hydrogen) atoms. The van der Waals surface area contributed by atoms with Gasteiger partial charge in [0.1, 0.15) is 11.9 Å². The topological polar surface area (TPSA) is 18.5 Å². The Kier molecular flexibility index (Phi) is 3.97. The third kappa shape index (κ3) is 2.57. The summed E-state index contributed by atoms with van der Waals surface area (Å²) in [5.74, 6) is 1.37. The van der Waals surface area contributed by atoms with Crippen LogP contribution < -0.4 is 0 Å². The van der Waals surface area contributed by atoms with Gasteiger partial charge >= 0.3 is 0 Å². The van der Waals surface area contributed by atoms with Gasteiger partial charge in [-0.1, -0.05) is 48.5 Å². The van der Waals surface area contributed by atoms with Crippen LogP contribution in [0.15, 0.2) is 93.2 Å². The lowest BCUT2D eigenvalue weighted by Gasteiger charge is -2.21. The van der Waals surface area contributed by atoms with Crippen molar-refractivity contribution in [1.29, 1.82) is 0 Å². The van der Waals surface area contributed by atoms with Crippen molar-refractivity contribution < 1.29 is 9.47 Å². The summed E-state index contributed by atoms with van der Waals surface area (Å²) >= 11 is 3.76. The summed E-state index contributed by atoms with van der Waals surface area (Å²) in [6.45, 7) is 2.56. The van der Waals surface area contributed by atoms with Crippen molar-refractivity contribution in [2.75, 3.05) is 6.79 Å². The Balaban J connectivity index is 1.31. The summed E-state index contributed by atoms with van der Waals surface area (Å²) in [5, 5.41) is 0. The summed E-state index contributed by atoms with van der Waals surface area (Å²) < 4.78 is 12.5. The highest BCUT2D eigenvalue weighted by molar-refractivity contribution is 9.12. The number of benzene rings is 2. The number of allylic oxidation sites excluding steroid dienone is 6. The molecule has 0 amide bonds. The zero-order chi connectivity index (χ0) is 19.5. The largest absolute Gasteiger partial charge is 0.468 e. The number of hydrogen-bond donors (Lipinski definition) is 0. The number of hydrogen-bond acceptors (Lipinski definition) is 2. The Bertz CT molecular complexity index is 1120. The molecular formula is C26H21BrO2. The molecule has 1 heterocycles. The second-order valence-electron chi connectivity index (χ2n) is 8.09. The third-order valence-corrected chi connectivity index (χ3v) is 7.41. The average molecular weight is 445 g/mol. The molecule has 0 radical (unpaired) electrons. The van der Waals surface area contributed by atoms with Crippen molar-refractivity contribution in [3.8, 4) is 11.1 Å². The molecule has 1 saturated heterocycles. The Morgan fingerprint density at radius 1 is 0.966 bits per heavy atom. The summed E-state index contributed by atoms with van der Waals surface area (Å²) in [4.78, 5) is 0. The second kappa shape index (κ2) is 6.58. The predicted octanol–water partition coefficient (Wildman–Crippen LogP) is 6.76. The zero-order valence-electron chi connectivity index (χ0n) is 16.2. The standard InChI is InChI=1S/C26H21BrO2/c1-15-12-23-22(13-24-26(25(23)27)29-14-28-24)16(15)10-11-21-19-8-4-2-6-17(19)18-7-3-5-9-20(18)21/h2-9,12-13,21,24H,10-11,14H2,1H3. The van der Waals surface area contributed by atoms with Gasteiger partial charge in [0, 0.05) is 5.92 Å². The van der Waals surface area contributed by atoms with Crippen LogP contribution in [0, 0.1) is 0 Å². The van der Waals surface area contributed by atoms with E-state index in [2.05, 4.69) is 83.5 Å². The van der Waals surface area contributed by atoms with Gasteiger partial charge in [0.25, 0.3) is 0 Å². The van der Waals surface area contributed by atoms with E-state index in [9.17, 15) is 0 Å². The molecule has 2 nitrogen and oxygen atoms in total. The van der Waals surface area contributed by atoms with E-state index in [1.165, 1.54) is 44.5 Å². The van der Waals surface area contributed by atoms with E-state index in [1.54, 1.807) is 0 Å². The number of halogens is 1. The zero-order valence-corrected chi connectivity index (χ0v) is 17.8. The highest BCUT2D eigenvalue weighted by atomic mass is 79.9. The molecule has 0 aromatic heterocycles. The summed E-state index contributed by atoms with van der Waals surface area (Å²) in [6.07, 6.45) is 6.61. The van der Waals surface area contributed by atoms with E-state index in [1.807, 2.05) is 0 Å². The lowest BCUT2D eigenvalue weighted by molar-refractivity contribution is 0.0629. The summed E-state index contributed by atoms with van der Waals surface area (Å²) in [7, 11) is 0. The van der Waals surface area contributed by atoms with Gasteiger partial charge in [-0.3, -0.25) is 0 Å². The van der Waals surface area contributed by atoms with Gasteiger partial charge in [0.2, 0.25) is 0 Å². The first-order chi connectivity index (χ1) is 14.2. The molecule has 1 fully saturated rings. The number of fused-ring (bicyclic) bond motifs is 5. The minimum atomic E-state index is -0.0645. The molecular weight excluding hydrogens is 424 g/mol. The molecule has 0 spiro atoms. The molecule has 0 N–H and O–H groups in total. The van der Waals surface area contributed by atoms with Crippen molar-refractivity contribution in [3.63, 3.8) is 0 Å². The number of rotatable bonds is 3. The van der Waals surface area contributed by atoms with Gasteiger partial charge in [-0.15, -0.1) is 0 Å². The maximum absolute atomic E-state index is 5.75. The van der Waals surface area contributed by atoms with E-state index >= 15 is 0 Å². The van der Waals surface area contributed by atoms with Crippen LogP contribution in [0.25, 0.3) is 11.1 Å². The average Bonchev–Trinajstić information content (AvgIpc) is 3.42.